The molecule has 0 aromatic heterocycles. The Morgan fingerprint density at radius 1 is 1.30 bits per heavy atom. The van der Waals surface area contributed by atoms with Crippen LogP contribution in [0.3, 0.4) is 0 Å². The summed E-state index contributed by atoms with van der Waals surface area (Å²) in [6.07, 6.45) is 1.12. The van der Waals surface area contributed by atoms with E-state index >= 15 is 0 Å². The van der Waals surface area contributed by atoms with Crippen LogP contribution in [0, 0.1) is 0 Å². The van der Waals surface area contributed by atoms with E-state index in [9.17, 15) is 4.79 Å². The van der Waals surface area contributed by atoms with Gasteiger partial charge in [0.25, 0.3) is 0 Å². The van der Waals surface area contributed by atoms with Crippen LogP contribution in [0.4, 0.5) is 0 Å². The minimum atomic E-state index is 0.0980. The number of ether oxygens (including phenoxy) is 1. The third-order valence-corrected chi connectivity index (χ3v) is 3.76. The average molecular weight is 277 g/mol. The average Bonchev–Trinajstić information content (AvgIpc) is 2.45. The number of carbonyl (C=O) groups is 1. The Kier molecular flexibility index (Phi) is 6.73. The zero-order valence-corrected chi connectivity index (χ0v) is 13.4. The minimum Gasteiger partial charge on any atom is -0.494 e. The highest BCUT2D eigenvalue weighted by Gasteiger charge is 2.14. The third kappa shape index (κ3) is 4.34. The fourth-order valence-corrected chi connectivity index (χ4v) is 2.27. The number of carbonyl (C=O) groups excluding carboxylic acids is 1. The third-order valence-electron chi connectivity index (χ3n) is 3.76. The van der Waals surface area contributed by atoms with Crippen LogP contribution < -0.4 is 4.74 Å². The number of hydrogen-bond acceptors (Lipinski definition) is 3. The molecular weight excluding hydrogens is 250 g/mol. The van der Waals surface area contributed by atoms with E-state index in [1.807, 2.05) is 25.1 Å². The van der Waals surface area contributed by atoms with Gasteiger partial charge in [0.1, 0.15) is 5.75 Å². The van der Waals surface area contributed by atoms with Crippen molar-refractivity contribution in [1.82, 2.24) is 4.90 Å². The van der Waals surface area contributed by atoms with Gasteiger partial charge in [0, 0.05) is 23.7 Å². The van der Waals surface area contributed by atoms with Crippen LogP contribution in [0.1, 0.15) is 57.0 Å². The molecule has 0 radical (unpaired) electrons. The van der Waals surface area contributed by atoms with E-state index in [2.05, 4.69) is 25.7 Å². The molecule has 0 fully saturated rings. The van der Waals surface area contributed by atoms with Crippen molar-refractivity contribution in [3.8, 4) is 5.75 Å². The molecule has 1 rings (SSSR count). The summed E-state index contributed by atoms with van der Waals surface area (Å²) in [7, 11) is 0. The summed E-state index contributed by atoms with van der Waals surface area (Å²) in [6, 6.07) is 6.25. The second-order valence-corrected chi connectivity index (χ2v) is 5.13. The number of ketones is 1. The molecule has 0 heterocycles. The first-order valence-corrected chi connectivity index (χ1v) is 7.54. The zero-order chi connectivity index (χ0) is 15.1. The lowest BCUT2D eigenvalue weighted by molar-refractivity contribution is 0.101. The fourth-order valence-electron chi connectivity index (χ4n) is 2.27. The predicted octanol–water partition coefficient (Wildman–Crippen LogP) is 3.91. The molecule has 3 heteroatoms. The second-order valence-electron chi connectivity index (χ2n) is 5.13. The molecular formula is C17H27NO2. The summed E-state index contributed by atoms with van der Waals surface area (Å²) >= 11 is 0. The van der Waals surface area contributed by atoms with Crippen LogP contribution in [0.5, 0.6) is 5.75 Å². The summed E-state index contributed by atoms with van der Waals surface area (Å²) in [5, 5.41) is 0. The number of nitrogens with zero attached hydrogens (tertiary/aromatic N) is 1. The van der Waals surface area contributed by atoms with Crippen LogP contribution in [-0.2, 0) is 6.54 Å². The van der Waals surface area contributed by atoms with Gasteiger partial charge in [-0.1, -0.05) is 13.8 Å². The summed E-state index contributed by atoms with van der Waals surface area (Å²) in [5.74, 6) is 0.986. The van der Waals surface area contributed by atoms with Gasteiger partial charge in [-0.15, -0.1) is 0 Å². The molecule has 1 atom stereocenters. The molecule has 0 aliphatic carbocycles. The Morgan fingerprint density at radius 2 is 2.00 bits per heavy atom. The van der Waals surface area contributed by atoms with Crippen LogP contribution in [0.15, 0.2) is 18.2 Å². The predicted molar refractivity (Wildman–Crippen MR) is 83.5 cm³/mol. The van der Waals surface area contributed by atoms with E-state index in [-0.39, 0.29) is 5.78 Å². The normalized spacial score (nSPS) is 12.5. The fraction of sp³-hybridized carbons (Fsp3) is 0.588. The summed E-state index contributed by atoms with van der Waals surface area (Å²) < 4.78 is 5.69. The van der Waals surface area contributed by atoms with Crippen LogP contribution in [0.25, 0.3) is 0 Å². The second kappa shape index (κ2) is 8.05. The van der Waals surface area contributed by atoms with Crippen molar-refractivity contribution in [2.24, 2.45) is 0 Å². The topological polar surface area (TPSA) is 29.5 Å². The molecule has 0 aliphatic rings. The van der Waals surface area contributed by atoms with E-state index in [0.717, 1.165) is 36.4 Å². The number of benzene rings is 1. The summed E-state index contributed by atoms with van der Waals surface area (Å²) in [5.41, 5.74) is 1.85. The molecule has 0 N–H and O–H groups in total. The van der Waals surface area contributed by atoms with E-state index < -0.39 is 0 Å². The molecule has 20 heavy (non-hydrogen) atoms. The smallest absolute Gasteiger partial charge is 0.159 e. The molecule has 1 unspecified atom stereocenters. The lowest BCUT2D eigenvalue weighted by Gasteiger charge is -2.28. The number of rotatable bonds is 8. The van der Waals surface area contributed by atoms with Gasteiger partial charge >= 0.3 is 0 Å². The molecule has 3 nitrogen and oxygen atoms in total. The monoisotopic (exact) mass is 277 g/mol. The van der Waals surface area contributed by atoms with E-state index in [1.165, 1.54) is 0 Å². The van der Waals surface area contributed by atoms with E-state index in [4.69, 9.17) is 4.74 Å². The van der Waals surface area contributed by atoms with Crippen molar-refractivity contribution in [3.05, 3.63) is 29.3 Å². The maximum atomic E-state index is 11.6. The van der Waals surface area contributed by atoms with Gasteiger partial charge in [0.15, 0.2) is 5.78 Å². The van der Waals surface area contributed by atoms with Crippen LogP contribution in [-0.4, -0.2) is 29.9 Å². The molecule has 1 aromatic carbocycles. The molecule has 112 valence electrons. The van der Waals surface area contributed by atoms with Crippen molar-refractivity contribution >= 4 is 5.78 Å². The van der Waals surface area contributed by atoms with Crippen LogP contribution in [0.2, 0.25) is 0 Å². The van der Waals surface area contributed by atoms with Gasteiger partial charge in [0.2, 0.25) is 0 Å². The van der Waals surface area contributed by atoms with Crippen molar-refractivity contribution in [1.29, 1.82) is 0 Å². The number of Topliss-reactive ketones (excluding diaryl/α,β-unsaturated/α-hetero) is 1. The SMILES string of the molecule is CCOc1ccc(C(C)=O)cc1CN(CC)C(C)CC. The van der Waals surface area contributed by atoms with Gasteiger partial charge < -0.3 is 4.74 Å². The van der Waals surface area contributed by atoms with Gasteiger partial charge in [-0.05, 0) is 51.9 Å². The lowest BCUT2D eigenvalue weighted by Crippen LogP contribution is -2.32. The van der Waals surface area contributed by atoms with E-state index in [0.29, 0.717) is 12.6 Å². The maximum Gasteiger partial charge on any atom is 0.159 e. The first kappa shape index (κ1) is 16.7. The molecule has 1 aromatic rings. The minimum absolute atomic E-state index is 0.0980. The first-order valence-electron chi connectivity index (χ1n) is 7.54. The van der Waals surface area contributed by atoms with E-state index in [1.54, 1.807) is 6.92 Å². The Hall–Kier alpha value is -1.35. The highest BCUT2D eigenvalue weighted by molar-refractivity contribution is 5.94. The molecule has 0 bridgehead atoms. The zero-order valence-electron chi connectivity index (χ0n) is 13.4. The van der Waals surface area contributed by atoms with Crippen molar-refractivity contribution in [2.75, 3.05) is 13.2 Å². The van der Waals surface area contributed by atoms with Gasteiger partial charge in [-0.2, -0.15) is 0 Å². The van der Waals surface area contributed by atoms with Gasteiger partial charge in [-0.25, -0.2) is 0 Å². The Morgan fingerprint density at radius 3 is 2.50 bits per heavy atom. The highest BCUT2D eigenvalue weighted by atomic mass is 16.5. The van der Waals surface area contributed by atoms with Gasteiger partial charge in [0.05, 0.1) is 6.61 Å². The first-order chi connectivity index (χ1) is 9.53. The van der Waals surface area contributed by atoms with Crippen molar-refractivity contribution in [3.63, 3.8) is 0 Å². The van der Waals surface area contributed by atoms with Gasteiger partial charge in [-0.3, -0.25) is 9.69 Å². The summed E-state index contributed by atoms with van der Waals surface area (Å²) in [4.78, 5) is 14.0. The largest absolute Gasteiger partial charge is 0.494 e. The Bertz CT molecular complexity index is 443. The quantitative estimate of drug-likeness (QED) is 0.675. The molecule has 0 saturated heterocycles. The molecule has 0 aliphatic heterocycles. The van der Waals surface area contributed by atoms with Crippen LogP contribution >= 0.6 is 0 Å². The molecule has 0 amide bonds. The molecule has 0 spiro atoms. The maximum absolute atomic E-state index is 11.6. The Labute approximate surface area is 122 Å². The lowest BCUT2D eigenvalue weighted by atomic mass is 10.1. The standard InChI is InChI=1S/C17H27NO2/c1-6-13(4)18(7-2)12-16-11-15(14(5)19)9-10-17(16)20-8-3/h9-11,13H,6-8,12H2,1-5H3. The Balaban J connectivity index is 3.05. The molecule has 0 saturated carbocycles. The van der Waals surface area contributed by atoms with Crippen molar-refractivity contribution < 1.29 is 9.53 Å². The van der Waals surface area contributed by atoms with Crippen molar-refractivity contribution in [2.45, 2.75) is 53.6 Å². The highest BCUT2D eigenvalue weighted by Crippen LogP contribution is 2.23. The number of hydrogen-bond donors (Lipinski definition) is 0. The summed E-state index contributed by atoms with van der Waals surface area (Å²) in [6.45, 7) is 12.6.